The third kappa shape index (κ3) is 4.45. The van der Waals surface area contributed by atoms with Crippen molar-refractivity contribution >= 4 is 11.8 Å². The molecule has 0 aromatic heterocycles. The van der Waals surface area contributed by atoms with Gasteiger partial charge in [-0.3, -0.25) is 0 Å². The maximum Gasteiger partial charge on any atom is 0.122 e. The fourth-order valence-electron chi connectivity index (χ4n) is 1.49. The Bertz CT molecular complexity index is 313. The standard InChI is InChI=1S/C13H20O2S/c1-10(2)16-9-12(14)8-11-6-4-5-7-13(11)15-3/h4-7,10,12,14H,8-9H2,1-3H3. The molecule has 0 radical (unpaired) electrons. The first-order valence-electron chi connectivity index (χ1n) is 5.55. The number of hydrogen-bond donors (Lipinski definition) is 1. The van der Waals surface area contributed by atoms with Gasteiger partial charge in [0.25, 0.3) is 0 Å². The van der Waals surface area contributed by atoms with Gasteiger partial charge in [-0.15, -0.1) is 0 Å². The molecule has 0 aliphatic rings. The monoisotopic (exact) mass is 240 g/mol. The minimum absolute atomic E-state index is 0.302. The van der Waals surface area contributed by atoms with Crippen molar-refractivity contribution in [3.63, 3.8) is 0 Å². The van der Waals surface area contributed by atoms with E-state index >= 15 is 0 Å². The molecule has 1 unspecified atom stereocenters. The van der Waals surface area contributed by atoms with Crippen LogP contribution in [-0.2, 0) is 6.42 Å². The summed E-state index contributed by atoms with van der Waals surface area (Å²) in [5, 5.41) is 10.5. The number of aliphatic hydroxyl groups is 1. The molecular formula is C13H20O2S. The van der Waals surface area contributed by atoms with Crippen molar-refractivity contribution in [2.24, 2.45) is 0 Å². The van der Waals surface area contributed by atoms with Crippen LogP contribution >= 0.6 is 11.8 Å². The first-order valence-corrected chi connectivity index (χ1v) is 6.60. The van der Waals surface area contributed by atoms with Gasteiger partial charge in [0, 0.05) is 12.2 Å². The molecule has 0 aliphatic carbocycles. The second kappa shape index (κ2) is 6.81. The summed E-state index contributed by atoms with van der Waals surface area (Å²) in [6.07, 6.45) is 0.354. The summed E-state index contributed by atoms with van der Waals surface area (Å²) in [4.78, 5) is 0. The zero-order valence-electron chi connectivity index (χ0n) is 10.1. The van der Waals surface area contributed by atoms with E-state index in [2.05, 4.69) is 13.8 Å². The summed E-state index contributed by atoms with van der Waals surface area (Å²) >= 11 is 1.78. The minimum atomic E-state index is -0.302. The predicted octanol–water partition coefficient (Wildman–Crippen LogP) is 2.74. The van der Waals surface area contributed by atoms with Gasteiger partial charge >= 0.3 is 0 Å². The maximum atomic E-state index is 9.90. The lowest BCUT2D eigenvalue weighted by Gasteiger charge is -2.14. The topological polar surface area (TPSA) is 29.5 Å². The van der Waals surface area contributed by atoms with Gasteiger partial charge in [-0.25, -0.2) is 0 Å². The van der Waals surface area contributed by atoms with Crippen LogP contribution in [-0.4, -0.2) is 29.3 Å². The molecule has 0 saturated heterocycles. The molecule has 1 aromatic carbocycles. The molecule has 0 amide bonds. The summed E-state index contributed by atoms with van der Waals surface area (Å²) in [7, 11) is 1.66. The zero-order valence-corrected chi connectivity index (χ0v) is 11.0. The Hall–Kier alpha value is -0.670. The van der Waals surface area contributed by atoms with E-state index in [9.17, 15) is 5.11 Å². The molecule has 0 heterocycles. The first kappa shape index (κ1) is 13.4. The largest absolute Gasteiger partial charge is 0.496 e. The summed E-state index contributed by atoms with van der Waals surface area (Å²) < 4.78 is 5.25. The van der Waals surface area contributed by atoms with E-state index in [1.165, 1.54) is 0 Å². The summed E-state index contributed by atoms with van der Waals surface area (Å²) in [5.74, 6) is 1.63. The third-order valence-electron chi connectivity index (χ3n) is 2.27. The number of thioether (sulfide) groups is 1. The van der Waals surface area contributed by atoms with Gasteiger partial charge in [0.2, 0.25) is 0 Å². The van der Waals surface area contributed by atoms with Gasteiger partial charge in [0.1, 0.15) is 5.75 Å². The van der Waals surface area contributed by atoms with E-state index in [4.69, 9.17) is 4.74 Å². The molecule has 0 saturated carbocycles. The third-order valence-corrected chi connectivity index (χ3v) is 3.51. The SMILES string of the molecule is COc1ccccc1CC(O)CSC(C)C. The van der Waals surface area contributed by atoms with Crippen molar-refractivity contribution in [1.29, 1.82) is 0 Å². The van der Waals surface area contributed by atoms with Crippen molar-refractivity contribution in [1.82, 2.24) is 0 Å². The first-order chi connectivity index (χ1) is 7.63. The second-order valence-corrected chi connectivity index (χ2v) is 5.66. The molecule has 0 bridgehead atoms. The summed E-state index contributed by atoms with van der Waals surface area (Å²) in [5.41, 5.74) is 1.07. The van der Waals surface area contributed by atoms with Crippen LogP contribution in [0.4, 0.5) is 0 Å². The second-order valence-electron chi connectivity index (χ2n) is 4.05. The lowest BCUT2D eigenvalue weighted by molar-refractivity contribution is 0.198. The van der Waals surface area contributed by atoms with Gasteiger partial charge in [0.15, 0.2) is 0 Å². The molecule has 0 fully saturated rings. The highest BCUT2D eigenvalue weighted by atomic mass is 32.2. The van der Waals surface area contributed by atoms with Crippen molar-refractivity contribution in [3.8, 4) is 5.75 Å². The fraction of sp³-hybridized carbons (Fsp3) is 0.538. The van der Waals surface area contributed by atoms with Crippen LogP contribution in [0, 0.1) is 0 Å². The number of methoxy groups -OCH3 is 1. The van der Waals surface area contributed by atoms with Crippen LogP contribution in [0.5, 0.6) is 5.75 Å². The van der Waals surface area contributed by atoms with E-state index < -0.39 is 0 Å². The molecule has 1 aromatic rings. The molecule has 3 heteroatoms. The fourth-order valence-corrected chi connectivity index (χ4v) is 2.21. The average molecular weight is 240 g/mol. The van der Waals surface area contributed by atoms with Gasteiger partial charge in [0.05, 0.1) is 13.2 Å². The molecule has 90 valence electrons. The Kier molecular flexibility index (Phi) is 5.71. The van der Waals surface area contributed by atoms with Crippen LogP contribution in [0.3, 0.4) is 0 Å². The number of aliphatic hydroxyl groups excluding tert-OH is 1. The highest BCUT2D eigenvalue weighted by Gasteiger charge is 2.10. The van der Waals surface area contributed by atoms with Gasteiger partial charge in [-0.05, 0) is 16.9 Å². The molecule has 2 nitrogen and oxygen atoms in total. The van der Waals surface area contributed by atoms with Crippen LogP contribution in [0.25, 0.3) is 0 Å². The number of hydrogen-bond acceptors (Lipinski definition) is 3. The average Bonchev–Trinajstić information content (AvgIpc) is 2.27. The van der Waals surface area contributed by atoms with E-state index in [0.29, 0.717) is 11.7 Å². The Morgan fingerprint density at radius 1 is 1.31 bits per heavy atom. The van der Waals surface area contributed by atoms with E-state index in [0.717, 1.165) is 17.1 Å². The van der Waals surface area contributed by atoms with Crippen LogP contribution in [0.15, 0.2) is 24.3 Å². The minimum Gasteiger partial charge on any atom is -0.496 e. The highest BCUT2D eigenvalue weighted by Crippen LogP contribution is 2.20. The molecule has 1 rings (SSSR count). The Morgan fingerprint density at radius 2 is 2.00 bits per heavy atom. The number of para-hydroxylation sites is 1. The van der Waals surface area contributed by atoms with Crippen molar-refractivity contribution in [2.45, 2.75) is 31.6 Å². The molecule has 16 heavy (non-hydrogen) atoms. The van der Waals surface area contributed by atoms with Crippen molar-refractivity contribution in [3.05, 3.63) is 29.8 Å². The van der Waals surface area contributed by atoms with Gasteiger partial charge in [-0.1, -0.05) is 32.0 Å². The van der Waals surface area contributed by atoms with Crippen LogP contribution in [0.1, 0.15) is 19.4 Å². The van der Waals surface area contributed by atoms with Crippen LogP contribution < -0.4 is 4.74 Å². The molecule has 0 spiro atoms. The van der Waals surface area contributed by atoms with Crippen LogP contribution in [0.2, 0.25) is 0 Å². The maximum absolute atomic E-state index is 9.90. The van der Waals surface area contributed by atoms with Crippen molar-refractivity contribution in [2.75, 3.05) is 12.9 Å². The molecular weight excluding hydrogens is 220 g/mol. The number of ether oxygens (including phenoxy) is 1. The molecule has 0 aliphatic heterocycles. The lowest BCUT2D eigenvalue weighted by atomic mass is 10.1. The highest BCUT2D eigenvalue weighted by molar-refractivity contribution is 7.99. The number of rotatable bonds is 6. The van der Waals surface area contributed by atoms with E-state index in [-0.39, 0.29) is 6.10 Å². The van der Waals surface area contributed by atoms with E-state index in [1.54, 1.807) is 18.9 Å². The predicted molar refractivity (Wildman–Crippen MR) is 70.3 cm³/mol. The normalized spacial score (nSPS) is 12.8. The molecule has 1 atom stereocenters. The van der Waals surface area contributed by atoms with Crippen molar-refractivity contribution < 1.29 is 9.84 Å². The smallest absolute Gasteiger partial charge is 0.122 e. The zero-order chi connectivity index (χ0) is 12.0. The lowest BCUT2D eigenvalue weighted by Crippen LogP contribution is -2.15. The Labute approximate surface area is 102 Å². The van der Waals surface area contributed by atoms with E-state index in [1.807, 2.05) is 24.3 Å². The summed E-state index contributed by atoms with van der Waals surface area (Å²) in [6.45, 7) is 4.28. The Morgan fingerprint density at radius 3 is 2.62 bits per heavy atom. The summed E-state index contributed by atoms with van der Waals surface area (Å²) in [6, 6.07) is 7.84. The quantitative estimate of drug-likeness (QED) is 0.829. The van der Waals surface area contributed by atoms with Gasteiger partial charge < -0.3 is 9.84 Å². The molecule has 1 N–H and O–H groups in total. The Balaban J connectivity index is 2.51. The number of benzene rings is 1. The van der Waals surface area contributed by atoms with Gasteiger partial charge in [-0.2, -0.15) is 11.8 Å².